The fourth-order valence-corrected chi connectivity index (χ4v) is 1.70. The highest BCUT2D eigenvalue weighted by Gasteiger charge is 2.21. The molecule has 0 spiro atoms. The first-order chi connectivity index (χ1) is 9.50. The molecule has 0 radical (unpaired) electrons. The average Bonchev–Trinajstić information content (AvgIpc) is 2.42. The van der Waals surface area contributed by atoms with Crippen molar-refractivity contribution < 1.29 is 19.4 Å². The van der Waals surface area contributed by atoms with Gasteiger partial charge in [0.1, 0.15) is 0 Å². The van der Waals surface area contributed by atoms with E-state index >= 15 is 0 Å². The molecule has 0 saturated heterocycles. The average molecular weight is 280 g/mol. The van der Waals surface area contributed by atoms with E-state index in [0.717, 1.165) is 5.56 Å². The zero-order valence-electron chi connectivity index (χ0n) is 11.5. The molecule has 1 aromatic rings. The zero-order valence-corrected chi connectivity index (χ0v) is 11.5. The van der Waals surface area contributed by atoms with Crippen LogP contribution in [0.5, 0.6) is 0 Å². The number of carbonyl (C=O) groups is 2. The van der Waals surface area contributed by atoms with Crippen LogP contribution in [-0.2, 0) is 20.9 Å². The van der Waals surface area contributed by atoms with Gasteiger partial charge in [-0.2, -0.15) is 0 Å². The van der Waals surface area contributed by atoms with E-state index in [1.807, 2.05) is 30.3 Å². The number of nitrogens with two attached hydrogens (primary N) is 1. The summed E-state index contributed by atoms with van der Waals surface area (Å²) in [6, 6.07) is 9.32. The van der Waals surface area contributed by atoms with Gasteiger partial charge in [-0.25, -0.2) is 4.79 Å². The lowest BCUT2D eigenvalue weighted by Crippen LogP contribution is -2.44. The highest BCUT2D eigenvalue weighted by Crippen LogP contribution is 2.01. The molecule has 6 heteroatoms. The van der Waals surface area contributed by atoms with E-state index < -0.39 is 11.9 Å². The first-order valence-electron chi connectivity index (χ1n) is 6.40. The van der Waals surface area contributed by atoms with Crippen molar-refractivity contribution in [3.05, 3.63) is 35.9 Å². The van der Waals surface area contributed by atoms with Gasteiger partial charge in [0, 0.05) is 19.1 Å². The number of benzene rings is 1. The van der Waals surface area contributed by atoms with Gasteiger partial charge in [0.2, 0.25) is 0 Å². The molecule has 110 valence electrons. The Bertz CT molecular complexity index is 434. The Kier molecular flexibility index (Phi) is 6.69. The standard InChI is InChI=1S/C14H20N2O4/c1-11(15)9-16(13(17)14(18)19)7-8-20-10-12-5-3-2-4-6-12/h2-6,11H,7-10,15H2,1H3,(H,18,19). The SMILES string of the molecule is CC(N)CN(CCOCc1ccccc1)C(=O)C(=O)O. The predicted molar refractivity (Wildman–Crippen MR) is 74.0 cm³/mol. The van der Waals surface area contributed by atoms with Crippen LogP contribution in [0.4, 0.5) is 0 Å². The molecular weight excluding hydrogens is 260 g/mol. The molecule has 0 aliphatic heterocycles. The summed E-state index contributed by atoms with van der Waals surface area (Å²) in [6.07, 6.45) is 0. The lowest BCUT2D eigenvalue weighted by molar-refractivity contribution is -0.156. The van der Waals surface area contributed by atoms with Crippen LogP contribution in [-0.4, -0.2) is 47.6 Å². The van der Waals surface area contributed by atoms with Gasteiger partial charge in [-0.1, -0.05) is 30.3 Å². The van der Waals surface area contributed by atoms with Crippen LogP contribution in [0.1, 0.15) is 12.5 Å². The third kappa shape index (κ3) is 5.81. The lowest BCUT2D eigenvalue weighted by Gasteiger charge is -2.22. The third-order valence-corrected chi connectivity index (χ3v) is 2.60. The molecule has 0 aliphatic rings. The first kappa shape index (κ1) is 16.1. The maximum absolute atomic E-state index is 11.5. The Morgan fingerprint density at radius 1 is 1.35 bits per heavy atom. The molecule has 1 aromatic carbocycles. The molecule has 0 heterocycles. The molecule has 0 aliphatic carbocycles. The lowest BCUT2D eigenvalue weighted by atomic mass is 10.2. The van der Waals surface area contributed by atoms with Gasteiger partial charge in [-0.3, -0.25) is 4.79 Å². The number of carboxylic acid groups (broad SMARTS) is 1. The van der Waals surface area contributed by atoms with Crippen molar-refractivity contribution in [3.63, 3.8) is 0 Å². The fraction of sp³-hybridized carbons (Fsp3) is 0.429. The van der Waals surface area contributed by atoms with Gasteiger partial charge in [0.25, 0.3) is 0 Å². The van der Waals surface area contributed by atoms with Crippen molar-refractivity contribution in [1.29, 1.82) is 0 Å². The van der Waals surface area contributed by atoms with E-state index in [1.54, 1.807) is 6.92 Å². The highest BCUT2D eigenvalue weighted by atomic mass is 16.5. The highest BCUT2D eigenvalue weighted by molar-refractivity contribution is 6.31. The number of carbonyl (C=O) groups excluding carboxylic acids is 1. The van der Waals surface area contributed by atoms with Crippen LogP contribution in [0, 0.1) is 0 Å². The van der Waals surface area contributed by atoms with Gasteiger partial charge in [0.15, 0.2) is 0 Å². The monoisotopic (exact) mass is 280 g/mol. The van der Waals surface area contributed by atoms with Crippen molar-refractivity contribution >= 4 is 11.9 Å². The number of carboxylic acids is 1. The van der Waals surface area contributed by atoms with E-state index in [-0.39, 0.29) is 25.7 Å². The maximum Gasteiger partial charge on any atom is 0.394 e. The second-order valence-electron chi connectivity index (χ2n) is 4.57. The number of ether oxygens (including phenoxy) is 1. The van der Waals surface area contributed by atoms with Crippen LogP contribution in [0.25, 0.3) is 0 Å². The van der Waals surface area contributed by atoms with E-state index in [2.05, 4.69) is 0 Å². The summed E-state index contributed by atoms with van der Waals surface area (Å²) in [7, 11) is 0. The Labute approximate surface area is 118 Å². The van der Waals surface area contributed by atoms with Crippen LogP contribution in [0.3, 0.4) is 0 Å². The zero-order chi connectivity index (χ0) is 15.0. The summed E-state index contributed by atoms with van der Waals surface area (Å²) in [5.74, 6) is -2.43. The van der Waals surface area contributed by atoms with Crippen LogP contribution in [0.15, 0.2) is 30.3 Å². The van der Waals surface area contributed by atoms with Crippen molar-refractivity contribution in [2.75, 3.05) is 19.7 Å². The second-order valence-corrected chi connectivity index (χ2v) is 4.57. The summed E-state index contributed by atoms with van der Waals surface area (Å²) in [4.78, 5) is 23.4. The van der Waals surface area contributed by atoms with Gasteiger partial charge in [-0.05, 0) is 12.5 Å². The molecule has 3 N–H and O–H groups in total. The van der Waals surface area contributed by atoms with Crippen LogP contribution >= 0.6 is 0 Å². The van der Waals surface area contributed by atoms with Crippen molar-refractivity contribution in [2.24, 2.45) is 5.73 Å². The predicted octanol–water partition coefficient (Wildman–Crippen LogP) is 0.464. The smallest absolute Gasteiger partial charge is 0.394 e. The molecule has 0 aromatic heterocycles. The second kappa shape index (κ2) is 8.29. The Hall–Kier alpha value is -1.92. The molecule has 1 rings (SSSR count). The van der Waals surface area contributed by atoms with Gasteiger partial charge < -0.3 is 20.5 Å². The molecule has 20 heavy (non-hydrogen) atoms. The summed E-state index contributed by atoms with van der Waals surface area (Å²) in [6.45, 7) is 2.81. The largest absolute Gasteiger partial charge is 0.474 e. The van der Waals surface area contributed by atoms with Gasteiger partial charge in [0.05, 0.1) is 13.2 Å². The minimum absolute atomic E-state index is 0.194. The summed E-state index contributed by atoms with van der Waals surface area (Å²) < 4.78 is 5.43. The molecule has 0 saturated carbocycles. The number of aliphatic carboxylic acids is 1. The van der Waals surface area contributed by atoms with Crippen molar-refractivity contribution in [3.8, 4) is 0 Å². The maximum atomic E-state index is 11.5. The summed E-state index contributed by atoms with van der Waals surface area (Å²) in [5.41, 5.74) is 6.62. The number of hydrogen-bond acceptors (Lipinski definition) is 4. The molecule has 1 amide bonds. The molecule has 0 bridgehead atoms. The van der Waals surface area contributed by atoms with Crippen LogP contribution < -0.4 is 5.73 Å². The molecule has 6 nitrogen and oxygen atoms in total. The van der Waals surface area contributed by atoms with Crippen molar-refractivity contribution in [1.82, 2.24) is 4.90 Å². The van der Waals surface area contributed by atoms with Gasteiger partial charge >= 0.3 is 11.9 Å². The minimum Gasteiger partial charge on any atom is -0.474 e. The van der Waals surface area contributed by atoms with E-state index in [4.69, 9.17) is 15.6 Å². The first-order valence-corrected chi connectivity index (χ1v) is 6.40. The number of nitrogens with zero attached hydrogens (tertiary/aromatic N) is 1. The van der Waals surface area contributed by atoms with Gasteiger partial charge in [-0.15, -0.1) is 0 Å². The number of hydrogen-bond donors (Lipinski definition) is 2. The molecule has 1 atom stereocenters. The summed E-state index contributed by atoms with van der Waals surface area (Å²) >= 11 is 0. The molecule has 1 unspecified atom stereocenters. The van der Waals surface area contributed by atoms with E-state index in [0.29, 0.717) is 6.61 Å². The fourth-order valence-electron chi connectivity index (χ4n) is 1.70. The molecular formula is C14H20N2O4. The van der Waals surface area contributed by atoms with E-state index in [9.17, 15) is 9.59 Å². The number of rotatable bonds is 7. The van der Waals surface area contributed by atoms with Crippen molar-refractivity contribution in [2.45, 2.75) is 19.6 Å². The van der Waals surface area contributed by atoms with E-state index in [1.165, 1.54) is 4.90 Å². The topological polar surface area (TPSA) is 92.9 Å². The van der Waals surface area contributed by atoms with Crippen LogP contribution in [0.2, 0.25) is 0 Å². The molecule has 0 fully saturated rings. The minimum atomic E-state index is -1.48. The Morgan fingerprint density at radius 3 is 2.55 bits per heavy atom. The third-order valence-electron chi connectivity index (χ3n) is 2.60. The normalized spacial score (nSPS) is 11.9. The quantitative estimate of drug-likeness (QED) is 0.559. The Balaban J connectivity index is 2.38. The Morgan fingerprint density at radius 2 is 2.00 bits per heavy atom. The number of amides is 1. The summed E-state index contributed by atoms with van der Waals surface area (Å²) in [5, 5.41) is 8.73.